The summed E-state index contributed by atoms with van der Waals surface area (Å²) in [5, 5.41) is 4.87. The Morgan fingerprint density at radius 3 is 1.67 bits per heavy atom. The van der Waals surface area contributed by atoms with Gasteiger partial charge in [0.2, 0.25) is 0 Å². The molecule has 2 heteroatoms. The molecule has 0 bridgehead atoms. The normalized spacial score (nSPS) is 12.9. The molecule has 1 heterocycles. The zero-order valence-electron chi connectivity index (χ0n) is 31.9. The van der Waals surface area contributed by atoms with Gasteiger partial charge in [-0.1, -0.05) is 172 Å². The Morgan fingerprint density at radius 1 is 0.386 bits per heavy atom. The van der Waals surface area contributed by atoms with Crippen molar-refractivity contribution in [3.05, 3.63) is 211 Å². The van der Waals surface area contributed by atoms with E-state index in [1.54, 1.807) is 0 Å². The smallest absolute Gasteiger partial charge is 0.143 e. The lowest BCUT2D eigenvalue weighted by atomic mass is 9.82. The maximum atomic E-state index is 6.44. The van der Waals surface area contributed by atoms with Gasteiger partial charge in [-0.2, -0.15) is 0 Å². The Hall–Kier alpha value is -7.16. The zero-order chi connectivity index (χ0) is 38.1. The summed E-state index contributed by atoms with van der Waals surface area (Å²) in [7, 11) is 0. The van der Waals surface area contributed by atoms with Crippen LogP contribution in [0.3, 0.4) is 0 Å². The molecular formula is C55H39NO. The molecule has 1 aliphatic carbocycles. The molecule has 2 nitrogen and oxygen atoms in total. The summed E-state index contributed by atoms with van der Waals surface area (Å²) in [6.07, 6.45) is 0. The van der Waals surface area contributed by atoms with Crippen molar-refractivity contribution in [3.63, 3.8) is 0 Å². The van der Waals surface area contributed by atoms with Crippen LogP contribution in [0.25, 0.3) is 77.2 Å². The van der Waals surface area contributed by atoms with Gasteiger partial charge in [0.1, 0.15) is 11.2 Å². The van der Waals surface area contributed by atoms with Gasteiger partial charge in [-0.05, 0) is 103 Å². The maximum absolute atomic E-state index is 6.44. The van der Waals surface area contributed by atoms with Gasteiger partial charge in [0.15, 0.2) is 0 Å². The van der Waals surface area contributed by atoms with Crippen LogP contribution in [-0.4, -0.2) is 0 Å². The number of nitrogens with zero attached hydrogens (tertiary/aromatic N) is 1. The van der Waals surface area contributed by atoms with E-state index in [-0.39, 0.29) is 5.41 Å². The Bertz CT molecular complexity index is 3120. The van der Waals surface area contributed by atoms with E-state index in [1.165, 1.54) is 55.3 Å². The third-order valence-corrected chi connectivity index (χ3v) is 12.1. The van der Waals surface area contributed by atoms with Crippen molar-refractivity contribution in [2.75, 3.05) is 4.90 Å². The van der Waals surface area contributed by atoms with E-state index in [9.17, 15) is 0 Å². The minimum atomic E-state index is -0.152. The Labute approximate surface area is 332 Å². The highest BCUT2D eigenvalue weighted by Crippen LogP contribution is 2.53. The first kappa shape index (κ1) is 33.2. The van der Waals surface area contributed by atoms with E-state index in [2.05, 4.69) is 207 Å². The third kappa shape index (κ3) is 5.40. The van der Waals surface area contributed by atoms with Crippen LogP contribution in [-0.2, 0) is 5.41 Å². The molecule has 1 aliphatic rings. The van der Waals surface area contributed by atoms with Crippen LogP contribution in [0.2, 0.25) is 0 Å². The maximum Gasteiger partial charge on any atom is 0.143 e. The van der Waals surface area contributed by atoms with Crippen LogP contribution >= 0.6 is 0 Å². The fraction of sp³-hybridized carbons (Fsp3) is 0.0545. The highest BCUT2D eigenvalue weighted by atomic mass is 16.3. The van der Waals surface area contributed by atoms with Crippen LogP contribution in [0.5, 0.6) is 0 Å². The average molecular weight is 730 g/mol. The predicted octanol–water partition coefficient (Wildman–Crippen LogP) is 15.5. The minimum Gasteiger partial charge on any atom is -0.455 e. The molecule has 0 N–H and O–H groups in total. The highest BCUT2D eigenvalue weighted by Gasteiger charge is 2.37. The molecule has 0 unspecified atom stereocenters. The first-order valence-electron chi connectivity index (χ1n) is 19.8. The van der Waals surface area contributed by atoms with Gasteiger partial charge in [-0.15, -0.1) is 0 Å². The van der Waals surface area contributed by atoms with Crippen molar-refractivity contribution < 1.29 is 4.42 Å². The Morgan fingerprint density at radius 2 is 0.947 bits per heavy atom. The van der Waals surface area contributed by atoms with Crippen LogP contribution in [0.15, 0.2) is 205 Å². The highest BCUT2D eigenvalue weighted by molar-refractivity contribution is 6.09. The molecule has 0 aliphatic heterocycles. The Balaban J connectivity index is 1.01. The van der Waals surface area contributed by atoms with Crippen LogP contribution in [0.4, 0.5) is 17.1 Å². The molecule has 0 amide bonds. The van der Waals surface area contributed by atoms with Gasteiger partial charge in [0.05, 0.1) is 0 Å². The number of anilines is 3. The molecule has 57 heavy (non-hydrogen) atoms. The molecule has 0 atom stereocenters. The topological polar surface area (TPSA) is 16.4 Å². The van der Waals surface area contributed by atoms with Crippen molar-refractivity contribution in [2.24, 2.45) is 0 Å². The summed E-state index contributed by atoms with van der Waals surface area (Å²) in [5.74, 6) is 0. The zero-order valence-corrected chi connectivity index (χ0v) is 31.9. The lowest BCUT2D eigenvalue weighted by molar-refractivity contribution is 0.661. The lowest BCUT2D eigenvalue weighted by Gasteiger charge is -2.28. The molecule has 0 fully saturated rings. The molecule has 0 radical (unpaired) electrons. The fourth-order valence-corrected chi connectivity index (χ4v) is 9.13. The molecule has 270 valence electrons. The van der Waals surface area contributed by atoms with E-state index in [0.717, 1.165) is 50.1 Å². The summed E-state index contributed by atoms with van der Waals surface area (Å²) in [4.78, 5) is 2.39. The van der Waals surface area contributed by atoms with E-state index >= 15 is 0 Å². The molecule has 0 spiro atoms. The number of hydrogen-bond donors (Lipinski definition) is 0. The largest absolute Gasteiger partial charge is 0.455 e. The number of para-hydroxylation sites is 2. The standard InChI is InChI=1S/C55H39NO/c1-55(2)50-34-27-40-13-6-7-14-45(40)53(50)49-33-32-44(35-51(49)55)56(42-28-23-39(24-29-42)38-21-19-37(20-22-38)36-11-4-3-5-12-36)43-30-25-41(26-31-43)46-16-10-17-48-47-15-8-9-18-52(47)57-54(46)48/h3-35H,1-2H3. The van der Waals surface area contributed by atoms with Gasteiger partial charge in [0, 0.05) is 38.8 Å². The van der Waals surface area contributed by atoms with Crippen molar-refractivity contribution in [2.45, 2.75) is 19.3 Å². The van der Waals surface area contributed by atoms with Crippen LogP contribution < -0.4 is 4.90 Å². The van der Waals surface area contributed by atoms with Crippen molar-refractivity contribution >= 4 is 49.8 Å². The molecule has 1 aromatic heterocycles. The summed E-state index contributed by atoms with van der Waals surface area (Å²) in [5.41, 5.74) is 17.4. The number of rotatable bonds is 6. The average Bonchev–Trinajstić information content (AvgIpc) is 3.76. The van der Waals surface area contributed by atoms with Crippen LogP contribution in [0, 0.1) is 0 Å². The van der Waals surface area contributed by atoms with Crippen molar-refractivity contribution in [1.29, 1.82) is 0 Å². The number of hydrogen-bond acceptors (Lipinski definition) is 2. The third-order valence-electron chi connectivity index (χ3n) is 12.1. The lowest BCUT2D eigenvalue weighted by Crippen LogP contribution is -2.16. The second-order valence-corrected chi connectivity index (χ2v) is 15.7. The number of fused-ring (bicyclic) bond motifs is 8. The van der Waals surface area contributed by atoms with E-state index in [1.807, 2.05) is 12.1 Å². The fourth-order valence-electron chi connectivity index (χ4n) is 9.13. The van der Waals surface area contributed by atoms with Gasteiger partial charge in [-0.3, -0.25) is 0 Å². The summed E-state index contributed by atoms with van der Waals surface area (Å²) >= 11 is 0. The molecule has 10 aromatic rings. The number of benzene rings is 9. The van der Waals surface area contributed by atoms with E-state index in [0.29, 0.717) is 0 Å². The molecule has 9 aromatic carbocycles. The van der Waals surface area contributed by atoms with Crippen LogP contribution in [0.1, 0.15) is 25.0 Å². The second-order valence-electron chi connectivity index (χ2n) is 15.7. The first-order chi connectivity index (χ1) is 28.0. The minimum absolute atomic E-state index is 0.152. The monoisotopic (exact) mass is 729 g/mol. The molecule has 0 saturated heterocycles. The van der Waals surface area contributed by atoms with Gasteiger partial charge in [-0.25, -0.2) is 0 Å². The quantitative estimate of drug-likeness (QED) is 0.169. The molecular weight excluding hydrogens is 691 g/mol. The van der Waals surface area contributed by atoms with Crippen molar-refractivity contribution in [1.82, 2.24) is 0 Å². The summed E-state index contributed by atoms with van der Waals surface area (Å²) in [6, 6.07) is 72.5. The van der Waals surface area contributed by atoms with Gasteiger partial charge in [0.25, 0.3) is 0 Å². The van der Waals surface area contributed by atoms with Gasteiger partial charge < -0.3 is 9.32 Å². The second kappa shape index (κ2) is 13.0. The first-order valence-corrected chi connectivity index (χ1v) is 19.8. The van der Waals surface area contributed by atoms with Gasteiger partial charge >= 0.3 is 0 Å². The molecule has 11 rings (SSSR count). The van der Waals surface area contributed by atoms with E-state index in [4.69, 9.17) is 4.42 Å². The molecule has 0 saturated carbocycles. The van der Waals surface area contributed by atoms with E-state index < -0.39 is 0 Å². The van der Waals surface area contributed by atoms with Crippen molar-refractivity contribution in [3.8, 4) is 44.5 Å². The Kier molecular flexibility index (Phi) is 7.55. The SMILES string of the molecule is CC1(C)c2cc(N(c3ccc(-c4ccc(-c5ccccc5)cc4)cc3)c3ccc(-c4cccc5c4oc4ccccc45)cc3)ccc2-c2c1ccc1ccccc21. The summed E-state index contributed by atoms with van der Waals surface area (Å²) in [6.45, 7) is 4.73. The summed E-state index contributed by atoms with van der Waals surface area (Å²) < 4.78 is 6.44. The predicted molar refractivity (Wildman–Crippen MR) is 240 cm³/mol. The number of furan rings is 1.